The number of primary amides is 1. The molecule has 0 radical (unpaired) electrons. The van der Waals surface area contributed by atoms with Gasteiger partial charge in [0, 0.05) is 18.1 Å². The molecule has 0 spiro atoms. The first-order chi connectivity index (χ1) is 8.00. The summed E-state index contributed by atoms with van der Waals surface area (Å²) in [4.78, 5) is 21.8. The van der Waals surface area contributed by atoms with Crippen LogP contribution in [-0.2, 0) is 0 Å². The molecule has 3 amide bonds. The lowest BCUT2D eigenvalue weighted by molar-refractivity contribution is 0.0950. The first-order valence-electron chi connectivity index (χ1n) is 4.77. The molecule has 0 fully saturated rings. The number of hydrogen-bond acceptors (Lipinski definition) is 2. The van der Waals surface area contributed by atoms with E-state index in [1.807, 2.05) is 0 Å². The number of hydrogen-bond donors (Lipinski definition) is 3. The summed E-state index contributed by atoms with van der Waals surface area (Å²) < 4.78 is 13.2. The minimum absolute atomic E-state index is 0.142. The van der Waals surface area contributed by atoms with Crippen molar-refractivity contribution in [3.8, 4) is 0 Å². The highest BCUT2D eigenvalue weighted by atomic mass is 35.5. The minimum atomic E-state index is -0.687. The van der Waals surface area contributed by atoms with Crippen molar-refractivity contribution in [1.82, 2.24) is 10.6 Å². The molecule has 0 aliphatic heterocycles. The summed E-state index contributed by atoms with van der Waals surface area (Å²) in [5, 5.41) is 4.97. The van der Waals surface area contributed by atoms with E-state index in [1.54, 1.807) is 0 Å². The van der Waals surface area contributed by atoms with E-state index in [0.717, 1.165) is 6.07 Å². The number of amides is 3. The van der Waals surface area contributed by atoms with Crippen LogP contribution in [0.1, 0.15) is 10.4 Å². The summed E-state index contributed by atoms with van der Waals surface area (Å²) in [6.45, 7) is 0.316. The van der Waals surface area contributed by atoms with Crippen LogP contribution in [0.3, 0.4) is 0 Å². The van der Waals surface area contributed by atoms with Gasteiger partial charge in [0.1, 0.15) is 5.82 Å². The molecule has 1 aromatic carbocycles. The molecule has 0 bridgehead atoms. The van der Waals surface area contributed by atoms with Crippen molar-refractivity contribution in [3.63, 3.8) is 0 Å². The Balaban J connectivity index is 2.52. The van der Waals surface area contributed by atoms with Gasteiger partial charge in [0.15, 0.2) is 0 Å². The van der Waals surface area contributed by atoms with E-state index < -0.39 is 17.8 Å². The molecule has 0 heterocycles. The van der Waals surface area contributed by atoms with Gasteiger partial charge in [-0.1, -0.05) is 11.6 Å². The molecule has 0 atom stereocenters. The number of benzene rings is 1. The van der Waals surface area contributed by atoms with Gasteiger partial charge < -0.3 is 16.4 Å². The Kier molecular flexibility index (Phi) is 4.71. The second kappa shape index (κ2) is 6.05. The average Bonchev–Trinajstić information content (AvgIpc) is 2.27. The van der Waals surface area contributed by atoms with Gasteiger partial charge in [0.25, 0.3) is 5.91 Å². The topological polar surface area (TPSA) is 84.2 Å². The van der Waals surface area contributed by atoms with E-state index in [0.29, 0.717) is 0 Å². The number of rotatable bonds is 4. The highest BCUT2D eigenvalue weighted by molar-refractivity contribution is 6.30. The van der Waals surface area contributed by atoms with Crippen molar-refractivity contribution < 1.29 is 14.0 Å². The third-order valence-electron chi connectivity index (χ3n) is 1.88. The fourth-order valence-electron chi connectivity index (χ4n) is 1.13. The third-order valence-corrected chi connectivity index (χ3v) is 2.12. The van der Waals surface area contributed by atoms with Crippen molar-refractivity contribution in [2.75, 3.05) is 13.1 Å². The second-order valence-electron chi connectivity index (χ2n) is 3.17. The number of halogens is 2. The van der Waals surface area contributed by atoms with Crippen molar-refractivity contribution >= 4 is 23.5 Å². The lowest BCUT2D eigenvalue weighted by atomic mass is 10.2. The number of carbonyl (C=O) groups excluding carboxylic acids is 2. The molecule has 0 saturated carbocycles. The van der Waals surface area contributed by atoms with E-state index in [9.17, 15) is 14.0 Å². The number of urea groups is 1. The van der Waals surface area contributed by atoms with Crippen molar-refractivity contribution in [2.24, 2.45) is 5.73 Å². The standard InChI is InChI=1S/C10H11ClFN3O2/c11-6-1-2-8(12)7(5-6)9(16)14-3-4-15-10(13)17/h1-2,5H,3-4H2,(H,14,16)(H3,13,15,17). The molecular weight excluding hydrogens is 249 g/mol. The summed E-state index contributed by atoms with van der Waals surface area (Å²) >= 11 is 5.64. The molecule has 0 aliphatic carbocycles. The highest BCUT2D eigenvalue weighted by Gasteiger charge is 2.11. The van der Waals surface area contributed by atoms with Crippen molar-refractivity contribution in [3.05, 3.63) is 34.6 Å². The molecular formula is C10H11ClFN3O2. The summed E-state index contributed by atoms with van der Waals surface area (Å²) in [7, 11) is 0. The maximum Gasteiger partial charge on any atom is 0.312 e. The molecule has 0 saturated heterocycles. The van der Waals surface area contributed by atoms with Gasteiger partial charge in [-0.3, -0.25) is 4.79 Å². The van der Waals surface area contributed by atoms with Crippen LogP contribution < -0.4 is 16.4 Å². The Morgan fingerprint density at radius 2 is 1.94 bits per heavy atom. The monoisotopic (exact) mass is 259 g/mol. The molecule has 1 rings (SSSR count). The van der Waals surface area contributed by atoms with Crippen LogP contribution in [0.4, 0.5) is 9.18 Å². The predicted molar refractivity (Wildman–Crippen MR) is 61.3 cm³/mol. The third kappa shape index (κ3) is 4.28. The van der Waals surface area contributed by atoms with Gasteiger partial charge >= 0.3 is 6.03 Å². The van der Waals surface area contributed by atoms with Crippen molar-refractivity contribution in [2.45, 2.75) is 0 Å². The van der Waals surface area contributed by atoms with Gasteiger partial charge in [0.05, 0.1) is 5.56 Å². The van der Waals surface area contributed by atoms with Crippen LogP contribution in [0, 0.1) is 5.82 Å². The largest absolute Gasteiger partial charge is 0.352 e. The van der Waals surface area contributed by atoms with E-state index in [4.69, 9.17) is 17.3 Å². The summed E-state index contributed by atoms with van der Waals surface area (Å²) in [6, 6.07) is 3.00. The van der Waals surface area contributed by atoms with Crippen LogP contribution in [0.5, 0.6) is 0 Å². The van der Waals surface area contributed by atoms with Crippen LogP contribution in [0.2, 0.25) is 5.02 Å². The molecule has 5 nitrogen and oxygen atoms in total. The molecule has 0 aliphatic rings. The van der Waals surface area contributed by atoms with Gasteiger partial charge in [-0.05, 0) is 18.2 Å². The van der Waals surface area contributed by atoms with E-state index in [1.165, 1.54) is 12.1 Å². The molecule has 17 heavy (non-hydrogen) atoms. The van der Waals surface area contributed by atoms with Crippen LogP contribution in [0.15, 0.2) is 18.2 Å². The van der Waals surface area contributed by atoms with E-state index >= 15 is 0 Å². The zero-order valence-electron chi connectivity index (χ0n) is 8.80. The maximum absolute atomic E-state index is 13.2. The first kappa shape index (κ1) is 13.2. The van der Waals surface area contributed by atoms with Gasteiger partial charge in [-0.2, -0.15) is 0 Å². The first-order valence-corrected chi connectivity index (χ1v) is 5.15. The number of nitrogens with two attached hydrogens (primary N) is 1. The van der Waals surface area contributed by atoms with E-state index in [-0.39, 0.29) is 23.7 Å². The summed E-state index contributed by atoms with van der Waals surface area (Å²) in [6.07, 6.45) is 0. The van der Waals surface area contributed by atoms with Gasteiger partial charge in [0.2, 0.25) is 0 Å². The second-order valence-corrected chi connectivity index (χ2v) is 3.61. The molecule has 0 unspecified atom stereocenters. The average molecular weight is 260 g/mol. The number of nitrogens with one attached hydrogen (secondary N) is 2. The smallest absolute Gasteiger partial charge is 0.312 e. The quantitative estimate of drug-likeness (QED) is 0.701. The zero-order chi connectivity index (χ0) is 12.8. The maximum atomic E-state index is 13.2. The Hall–Kier alpha value is -1.82. The highest BCUT2D eigenvalue weighted by Crippen LogP contribution is 2.14. The summed E-state index contributed by atoms with van der Waals surface area (Å²) in [5.74, 6) is -1.26. The van der Waals surface area contributed by atoms with Crippen LogP contribution in [0.25, 0.3) is 0 Å². The molecule has 7 heteroatoms. The molecule has 4 N–H and O–H groups in total. The Morgan fingerprint density at radius 3 is 2.59 bits per heavy atom. The molecule has 92 valence electrons. The lowest BCUT2D eigenvalue weighted by Crippen LogP contribution is -2.37. The summed E-state index contributed by atoms with van der Waals surface area (Å²) in [5.41, 5.74) is 4.68. The fourth-order valence-corrected chi connectivity index (χ4v) is 1.30. The van der Waals surface area contributed by atoms with Crippen LogP contribution in [-0.4, -0.2) is 25.0 Å². The van der Waals surface area contributed by atoms with Gasteiger partial charge in [-0.15, -0.1) is 0 Å². The minimum Gasteiger partial charge on any atom is -0.352 e. The Morgan fingerprint density at radius 1 is 1.29 bits per heavy atom. The number of carbonyl (C=O) groups is 2. The van der Waals surface area contributed by atoms with Crippen LogP contribution >= 0.6 is 11.6 Å². The SMILES string of the molecule is NC(=O)NCCNC(=O)c1cc(Cl)ccc1F. The molecule has 0 aromatic heterocycles. The van der Waals surface area contributed by atoms with E-state index in [2.05, 4.69) is 10.6 Å². The van der Waals surface area contributed by atoms with Crippen molar-refractivity contribution in [1.29, 1.82) is 0 Å². The Bertz CT molecular complexity index is 440. The lowest BCUT2D eigenvalue weighted by Gasteiger charge is -2.06. The zero-order valence-corrected chi connectivity index (χ0v) is 9.55. The fraction of sp³-hybridized carbons (Fsp3) is 0.200. The Labute approximate surface area is 102 Å². The van der Waals surface area contributed by atoms with Gasteiger partial charge in [-0.25, -0.2) is 9.18 Å². The predicted octanol–water partition coefficient (Wildman–Crippen LogP) is 0.877. The molecule has 1 aromatic rings. The normalized spacial score (nSPS) is 9.76.